The SMILES string of the molecule is CC1CN(c2ccc(N)nc2)CC(C)N1. The second-order valence-corrected chi connectivity index (χ2v) is 4.32. The molecule has 1 aliphatic heterocycles. The van der Waals surface area contributed by atoms with Crippen molar-refractivity contribution in [3.8, 4) is 0 Å². The van der Waals surface area contributed by atoms with Crippen molar-refractivity contribution in [1.29, 1.82) is 0 Å². The molecule has 0 bridgehead atoms. The van der Waals surface area contributed by atoms with E-state index in [0.29, 0.717) is 17.9 Å². The van der Waals surface area contributed by atoms with Crippen molar-refractivity contribution in [3.63, 3.8) is 0 Å². The standard InChI is InChI=1S/C11H18N4/c1-8-6-15(7-9(2)14-8)10-3-4-11(12)13-5-10/h3-5,8-9,14H,6-7H2,1-2H3,(H2,12,13). The third-order valence-corrected chi connectivity index (χ3v) is 2.69. The Morgan fingerprint density at radius 3 is 2.53 bits per heavy atom. The van der Waals surface area contributed by atoms with Gasteiger partial charge < -0.3 is 16.0 Å². The predicted octanol–water partition coefficient (Wildman–Crippen LogP) is 0.850. The summed E-state index contributed by atoms with van der Waals surface area (Å²) in [6.07, 6.45) is 1.85. The van der Waals surface area contributed by atoms with E-state index in [4.69, 9.17) is 5.73 Å². The number of nitrogens with two attached hydrogens (primary N) is 1. The van der Waals surface area contributed by atoms with Crippen molar-refractivity contribution >= 4 is 11.5 Å². The van der Waals surface area contributed by atoms with E-state index in [1.54, 1.807) is 0 Å². The molecule has 1 saturated heterocycles. The highest BCUT2D eigenvalue weighted by Gasteiger charge is 2.20. The Kier molecular flexibility index (Phi) is 2.77. The number of anilines is 2. The van der Waals surface area contributed by atoms with Crippen LogP contribution in [-0.4, -0.2) is 30.2 Å². The predicted molar refractivity (Wildman–Crippen MR) is 62.9 cm³/mol. The molecule has 0 amide bonds. The van der Waals surface area contributed by atoms with Gasteiger partial charge in [0.25, 0.3) is 0 Å². The summed E-state index contributed by atoms with van der Waals surface area (Å²) in [7, 11) is 0. The Morgan fingerprint density at radius 2 is 2.00 bits per heavy atom. The maximum Gasteiger partial charge on any atom is 0.123 e. The van der Waals surface area contributed by atoms with Gasteiger partial charge in [-0.15, -0.1) is 0 Å². The summed E-state index contributed by atoms with van der Waals surface area (Å²) < 4.78 is 0. The summed E-state index contributed by atoms with van der Waals surface area (Å²) in [5.41, 5.74) is 6.73. The molecule has 1 aromatic heterocycles. The van der Waals surface area contributed by atoms with Gasteiger partial charge in [0.15, 0.2) is 0 Å². The molecule has 0 aromatic carbocycles. The minimum atomic E-state index is 0.520. The molecule has 2 atom stereocenters. The van der Waals surface area contributed by atoms with Crippen LogP contribution in [0.25, 0.3) is 0 Å². The lowest BCUT2D eigenvalue weighted by Crippen LogP contribution is -2.54. The maximum atomic E-state index is 5.57. The van der Waals surface area contributed by atoms with Gasteiger partial charge in [0, 0.05) is 25.2 Å². The third kappa shape index (κ3) is 2.39. The molecule has 0 spiro atoms. The van der Waals surface area contributed by atoms with Crippen LogP contribution in [0.4, 0.5) is 11.5 Å². The van der Waals surface area contributed by atoms with Gasteiger partial charge in [0.05, 0.1) is 11.9 Å². The normalized spacial score (nSPS) is 26.7. The molecule has 4 heteroatoms. The number of nitrogens with one attached hydrogen (secondary N) is 1. The number of rotatable bonds is 1. The Morgan fingerprint density at radius 1 is 1.33 bits per heavy atom. The van der Waals surface area contributed by atoms with Crippen molar-refractivity contribution in [2.24, 2.45) is 0 Å². The van der Waals surface area contributed by atoms with Gasteiger partial charge in [0.2, 0.25) is 0 Å². The number of hydrogen-bond donors (Lipinski definition) is 2. The highest BCUT2D eigenvalue weighted by atomic mass is 15.2. The molecule has 0 radical (unpaired) electrons. The molecule has 1 aliphatic rings. The fourth-order valence-electron chi connectivity index (χ4n) is 2.12. The van der Waals surface area contributed by atoms with Crippen LogP contribution in [0, 0.1) is 0 Å². The van der Waals surface area contributed by atoms with E-state index >= 15 is 0 Å². The summed E-state index contributed by atoms with van der Waals surface area (Å²) in [5, 5.41) is 3.50. The molecule has 82 valence electrons. The van der Waals surface area contributed by atoms with Crippen LogP contribution in [-0.2, 0) is 0 Å². The first-order valence-electron chi connectivity index (χ1n) is 5.37. The minimum absolute atomic E-state index is 0.520. The quantitative estimate of drug-likeness (QED) is 0.715. The monoisotopic (exact) mass is 206 g/mol. The van der Waals surface area contributed by atoms with Gasteiger partial charge in [-0.2, -0.15) is 0 Å². The maximum absolute atomic E-state index is 5.57. The van der Waals surface area contributed by atoms with Crippen LogP contribution in [0.15, 0.2) is 18.3 Å². The highest BCUT2D eigenvalue weighted by molar-refractivity contribution is 5.48. The lowest BCUT2D eigenvalue weighted by atomic mass is 10.1. The van der Waals surface area contributed by atoms with E-state index < -0.39 is 0 Å². The van der Waals surface area contributed by atoms with Gasteiger partial charge in [-0.25, -0.2) is 4.98 Å². The number of nitrogens with zero attached hydrogens (tertiary/aromatic N) is 2. The van der Waals surface area contributed by atoms with Gasteiger partial charge in [-0.05, 0) is 26.0 Å². The molecule has 2 heterocycles. The van der Waals surface area contributed by atoms with Crippen molar-refractivity contribution in [2.75, 3.05) is 23.7 Å². The lowest BCUT2D eigenvalue weighted by Gasteiger charge is -2.37. The van der Waals surface area contributed by atoms with Gasteiger partial charge in [0.1, 0.15) is 5.82 Å². The summed E-state index contributed by atoms with van der Waals surface area (Å²) in [5.74, 6) is 0.579. The van der Waals surface area contributed by atoms with E-state index in [2.05, 4.69) is 29.0 Å². The zero-order chi connectivity index (χ0) is 10.8. The van der Waals surface area contributed by atoms with Crippen LogP contribution >= 0.6 is 0 Å². The van der Waals surface area contributed by atoms with Crippen LogP contribution < -0.4 is 16.0 Å². The van der Waals surface area contributed by atoms with E-state index in [1.807, 2.05) is 18.3 Å². The molecule has 2 unspecified atom stereocenters. The Balaban J connectivity index is 2.12. The van der Waals surface area contributed by atoms with Crippen molar-refractivity contribution in [3.05, 3.63) is 18.3 Å². The minimum Gasteiger partial charge on any atom is -0.384 e. The smallest absolute Gasteiger partial charge is 0.123 e. The van der Waals surface area contributed by atoms with E-state index in [1.165, 1.54) is 0 Å². The summed E-state index contributed by atoms with van der Waals surface area (Å²) in [6.45, 7) is 6.45. The van der Waals surface area contributed by atoms with E-state index in [0.717, 1.165) is 18.8 Å². The second kappa shape index (κ2) is 4.06. The average Bonchev–Trinajstić information content (AvgIpc) is 2.17. The fraction of sp³-hybridized carbons (Fsp3) is 0.545. The first kappa shape index (κ1) is 10.2. The van der Waals surface area contributed by atoms with Crippen LogP contribution in [0.1, 0.15) is 13.8 Å². The van der Waals surface area contributed by atoms with E-state index in [9.17, 15) is 0 Å². The van der Waals surface area contributed by atoms with Crippen LogP contribution in [0.5, 0.6) is 0 Å². The van der Waals surface area contributed by atoms with Gasteiger partial charge >= 0.3 is 0 Å². The molecule has 3 N–H and O–H groups in total. The molecular formula is C11H18N4. The molecule has 4 nitrogen and oxygen atoms in total. The fourth-order valence-corrected chi connectivity index (χ4v) is 2.12. The first-order valence-corrected chi connectivity index (χ1v) is 5.37. The molecule has 0 aliphatic carbocycles. The van der Waals surface area contributed by atoms with Crippen molar-refractivity contribution in [1.82, 2.24) is 10.3 Å². The largest absolute Gasteiger partial charge is 0.384 e. The molecule has 15 heavy (non-hydrogen) atoms. The van der Waals surface area contributed by atoms with Crippen molar-refractivity contribution in [2.45, 2.75) is 25.9 Å². The Labute approximate surface area is 90.5 Å². The number of aromatic nitrogens is 1. The second-order valence-electron chi connectivity index (χ2n) is 4.32. The first-order chi connectivity index (χ1) is 7.15. The Hall–Kier alpha value is -1.29. The third-order valence-electron chi connectivity index (χ3n) is 2.69. The summed E-state index contributed by atoms with van der Waals surface area (Å²) >= 11 is 0. The van der Waals surface area contributed by atoms with Gasteiger partial charge in [-0.1, -0.05) is 0 Å². The molecule has 0 saturated carbocycles. The van der Waals surface area contributed by atoms with E-state index in [-0.39, 0.29) is 0 Å². The topological polar surface area (TPSA) is 54.2 Å². The Bertz CT molecular complexity index is 312. The zero-order valence-electron chi connectivity index (χ0n) is 9.27. The van der Waals surface area contributed by atoms with Crippen LogP contribution in [0.3, 0.4) is 0 Å². The molecular weight excluding hydrogens is 188 g/mol. The number of nitrogen functional groups attached to an aromatic ring is 1. The lowest BCUT2D eigenvalue weighted by molar-refractivity contribution is 0.407. The average molecular weight is 206 g/mol. The van der Waals surface area contributed by atoms with Gasteiger partial charge in [-0.3, -0.25) is 0 Å². The summed E-state index contributed by atoms with van der Waals surface area (Å²) in [6, 6.07) is 4.93. The number of piperazine rings is 1. The van der Waals surface area contributed by atoms with Crippen molar-refractivity contribution < 1.29 is 0 Å². The summed E-state index contributed by atoms with van der Waals surface area (Å²) in [4.78, 5) is 6.47. The highest BCUT2D eigenvalue weighted by Crippen LogP contribution is 2.17. The molecule has 1 aromatic rings. The van der Waals surface area contributed by atoms with Crippen LogP contribution in [0.2, 0.25) is 0 Å². The molecule has 2 rings (SSSR count). The molecule has 1 fully saturated rings. The number of hydrogen-bond acceptors (Lipinski definition) is 4. The number of pyridine rings is 1. The zero-order valence-corrected chi connectivity index (χ0v) is 9.27.